The van der Waals surface area contributed by atoms with Crippen molar-refractivity contribution in [3.8, 4) is 0 Å². The van der Waals surface area contributed by atoms with Crippen LogP contribution in [-0.4, -0.2) is 16.6 Å². The first-order chi connectivity index (χ1) is 13.7. The van der Waals surface area contributed by atoms with Crippen LogP contribution in [0.5, 0.6) is 0 Å². The third kappa shape index (κ3) is 4.32. The highest BCUT2D eigenvalue weighted by Crippen LogP contribution is 2.31. The van der Waals surface area contributed by atoms with E-state index in [0.29, 0.717) is 17.0 Å². The van der Waals surface area contributed by atoms with E-state index in [2.05, 4.69) is 21.6 Å². The Bertz CT molecular complexity index is 1080. The molecule has 4 rings (SSSR count). The lowest BCUT2D eigenvalue weighted by molar-refractivity contribution is 0.0955. The van der Waals surface area contributed by atoms with Crippen molar-refractivity contribution in [3.63, 3.8) is 0 Å². The molecule has 2 aromatic heterocycles. The number of hydrogen-bond donors (Lipinski definition) is 1. The first-order valence-corrected chi connectivity index (χ1v) is 10.4. The van der Waals surface area contributed by atoms with Crippen molar-refractivity contribution in [2.45, 2.75) is 17.0 Å². The molecule has 0 radical (unpaired) electrons. The second-order valence-corrected chi connectivity index (χ2v) is 8.30. The Hall–Kier alpha value is -2.90. The van der Waals surface area contributed by atoms with E-state index in [9.17, 15) is 4.79 Å². The second-order valence-electron chi connectivity index (χ2n) is 6.05. The summed E-state index contributed by atoms with van der Waals surface area (Å²) in [4.78, 5) is 16.9. The molecular weight excluding hydrogens is 390 g/mol. The molecule has 5 nitrogen and oxygen atoms in total. The summed E-state index contributed by atoms with van der Waals surface area (Å²) >= 11 is 3.40. The summed E-state index contributed by atoms with van der Waals surface area (Å²) in [7, 11) is 0. The molecule has 0 unspecified atom stereocenters. The van der Waals surface area contributed by atoms with Crippen LogP contribution >= 0.6 is 23.1 Å². The summed E-state index contributed by atoms with van der Waals surface area (Å²) in [6, 6.07) is 19.2. The maximum atomic E-state index is 12.2. The van der Waals surface area contributed by atoms with Crippen LogP contribution in [0.2, 0.25) is 0 Å². The van der Waals surface area contributed by atoms with Gasteiger partial charge in [0.15, 0.2) is 4.34 Å². The molecule has 0 aliphatic carbocycles. The van der Waals surface area contributed by atoms with Gasteiger partial charge in [-0.25, -0.2) is 10.4 Å². The quantitative estimate of drug-likeness (QED) is 0.266. The molecule has 28 heavy (non-hydrogen) atoms. The van der Waals surface area contributed by atoms with Gasteiger partial charge in [0, 0.05) is 11.3 Å². The topological polar surface area (TPSA) is 67.5 Å². The number of nitrogens with one attached hydrogen (secondary N) is 1. The second kappa shape index (κ2) is 8.41. The minimum absolute atomic E-state index is 0.253. The van der Waals surface area contributed by atoms with E-state index in [4.69, 9.17) is 4.42 Å². The van der Waals surface area contributed by atoms with Crippen molar-refractivity contribution >= 4 is 44.9 Å². The van der Waals surface area contributed by atoms with E-state index in [1.807, 2.05) is 30.3 Å². The first-order valence-electron chi connectivity index (χ1n) is 8.65. The van der Waals surface area contributed by atoms with Crippen LogP contribution in [-0.2, 0) is 5.75 Å². The van der Waals surface area contributed by atoms with Gasteiger partial charge in [0.1, 0.15) is 11.5 Å². The number of fused-ring (bicyclic) bond motifs is 1. The molecule has 2 aromatic carbocycles. The highest BCUT2D eigenvalue weighted by molar-refractivity contribution is 8.00. The zero-order valence-corrected chi connectivity index (χ0v) is 16.7. The number of para-hydroxylation sites is 1. The Kier molecular flexibility index (Phi) is 5.55. The summed E-state index contributed by atoms with van der Waals surface area (Å²) in [5.41, 5.74) is 5.90. The number of thiazole rings is 1. The van der Waals surface area contributed by atoms with Gasteiger partial charge >= 0.3 is 0 Å². The molecule has 1 N–H and O–H groups in total. The molecule has 0 atom stereocenters. The van der Waals surface area contributed by atoms with Crippen LogP contribution in [0.3, 0.4) is 0 Å². The summed E-state index contributed by atoms with van der Waals surface area (Å²) in [6.45, 7) is 1.78. The molecule has 0 spiro atoms. The summed E-state index contributed by atoms with van der Waals surface area (Å²) in [6.07, 6.45) is 1.57. The number of nitrogens with zero attached hydrogens (tertiary/aromatic N) is 2. The first kappa shape index (κ1) is 18.5. The number of rotatable bonds is 6. The number of amides is 1. The Balaban J connectivity index is 1.35. The Morgan fingerprint density at radius 1 is 1.14 bits per heavy atom. The fourth-order valence-corrected chi connectivity index (χ4v) is 4.57. The average molecular weight is 408 g/mol. The normalized spacial score (nSPS) is 11.7. The number of hydrazone groups is 1. The van der Waals surface area contributed by atoms with Crippen LogP contribution in [0.15, 0.2) is 80.8 Å². The van der Waals surface area contributed by atoms with Gasteiger partial charge < -0.3 is 4.42 Å². The van der Waals surface area contributed by atoms with Crippen LogP contribution in [0.1, 0.15) is 28.6 Å². The third-order valence-corrected chi connectivity index (χ3v) is 6.31. The SMILES string of the molecule is C/C(=N\NC(=O)c1ccc(CSc2nc3ccccc3s2)cc1)c1ccco1. The van der Waals surface area contributed by atoms with E-state index in [1.54, 1.807) is 60.6 Å². The van der Waals surface area contributed by atoms with Crippen molar-refractivity contribution < 1.29 is 9.21 Å². The largest absolute Gasteiger partial charge is 0.463 e. The third-order valence-electron chi connectivity index (χ3n) is 4.06. The molecule has 1 amide bonds. The molecule has 0 saturated carbocycles. The highest BCUT2D eigenvalue weighted by Gasteiger charge is 2.08. The number of hydrogen-bond acceptors (Lipinski definition) is 6. The van der Waals surface area contributed by atoms with E-state index in [-0.39, 0.29) is 5.91 Å². The maximum Gasteiger partial charge on any atom is 0.271 e. The van der Waals surface area contributed by atoms with Crippen molar-refractivity contribution in [3.05, 3.63) is 83.8 Å². The number of thioether (sulfide) groups is 1. The average Bonchev–Trinajstić information content (AvgIpc) is 3.40. The van der Waals surface area contributed by atoms with Crippen molar-refractivity contribution in [1.82, 2.24) is 10.4 Å². The molecule has 0 bridgehead atoms. The van der Waals surface area contributed by atoms with Crippen LogP contribution < -0.4 is 5.43 Å². The zero-order valence-electron chi connectivity index (χ0n) is 15.1. The minimum Gasteiger partial charge on any atom is -0.463 e. The summed E-state index contributed by atoms with van der Waals surface area (Å²) in [5.74, 6) is 1.18. The number of carbonyl (C=O) groups is 1. The van der Waals surface area contributed by atoms with E-state index < -0.39 is 0 Å². The molecule has 0 saturated heterocycles. The molecule has 140 valence electrons. The fourth-order valence-electron chi connectivity index (χ4n) is 2.55. The van der Waals surface area contributed by atoms with Gasteiger partial charge in [-0.2, -0.15) is 5.10 Å². The van der Waals surface area contributed by atoms with Gasteiger partial charge in [0.25, 0.3) is 5.91 Å². The summed E-state index contributed by atoms with van der Waals surface area (Å²) in [5, 5.41) is 4.07. The Morgan fingerprint density at radius 3 is 2.71 bits per heavy atom. The van der Waals surface area contributed by atoms with Gasteiger partial charge in [-0.15, -0.1) is 11.3 Å². The highest BCUT2D eigenvalue weighted by atomic mass is 32.2. The van der Waals surface area contributed by atoms with E-state index in [0.717, 1.165) is 21.2 Å². The standard InChI is InChI=1S/C21H17N3O2S2/c1-14(18-6-4-12-26-18)23-24-20(25)16-10-8-15(9-11-16)13-27-21-22-17-5-2-3-7-19(17)28-21/h2-12H,13H2,1H3,(H,24,25)/b23-14+. The number of carbonyl (C=O) groups excluding carboxylic acids is 1. The lowest BCUT2D eigenvalue weighted by Crippen LogP contribution is -2.19. The predicted molar refractivity (Wildman–Crippen MR) is 114 cm³/mol. The zero-order chi connectivity index (χ0) is 19.3. The van der Waals surface area contributed by atoms with Gasteiger partial charge in [0.2, 0.25) is 0 Å². The monoisotopic (exact) mass is 407 g/mol. The van der Waals surface area contributed by atoms with E-state index in [1.165, 1.54) is 4.70 Å². The number of benzene rings is 2. The molecule has 0 fully saturated rings. The molecule has 0 aliphatic rings. The number of aromatic nitrogens is 1. The number of furan rings is 1. The summed E-state index contributed by atoms with van der Waals surface area (Å²) < 4.78 is 7.49. The Labute approximate surface area is 170 Å². The molecule has 7 heteroatoms. The van der Waals surface area contributed by atoms with Crippen molar-refractivity contribution in [1.29, 1.82) is 0 Å². The van der Waals surface area contributed by atoms with Crippen LogP contribution in [0.25, 0.3) is 10.2 Å². The van der Waals surface area contributed by atoms with Crippen molar-refractivity contribution in [2.75, 3.05) is 0 Å². The van der Waals surface area contributed by atoms with Gasteiger partial charge in [0.05, 0.1) is 16.5 Å². The fraction of sp³-hybridized carbons (Fsp3) is 0.0952. The molecule has 2 heterocycles. The maximum absolute atomic E-state index is 12.2. The molecule has 4 aromatic rings. The van der Waals surface area contributed by atoms with Crippen LogP contribution in [0, 0.1) is 0 Å². The predicted octanol–water partition coefficient (Wildman–Crippen LogP) is 5.34. The van der Waals surface area contributed by atoms with E-state index >= 15 is 0 Å². The smallest absolute Gasteiger partial charge is 0.271 e. The molecular formula is C21H17N3O2S2. The van der Waals surface area contributed by atoms with Crippen LogP contribution in [0.4, 0.5) is 0 Å². The van der Waals surface area contributed by atoms with Gasteiger partial charge in [-0.1, -0.05) is 36.0 Å². The van der Waals surface area contributed by atoms with Gasteiger partial charge in [-0.3, -0.25) is 4.79 Å². The minimum atomic E-state index is -0.253. The lowest BCUT2D eigenvalue weighted by Gasteiger charge is -2.03. The van der Waals surface area contributed by atoms with Crippen molar-refractivity contribution in [2.24, 2.45) is 5.10 Å². The molecule has 0 aliphatic heterocycles. The Morgan fingerprint density at radius 2 is 1.96 bits per heavy atom. The lowest BCUT2D eigenvalue weighted by atomic mass is 10.1. The van der Waals surface area contributed by atoms with Gasteiger partial charge in [-0.05, 0) is 48.9 Å².